The van der Waals surface area contributed by atoms with Crippen LogP contribution in [0.25, 0.3) is 0 Å². The second-order valence-corrected chi connectivity index (χ2v) is 5.54. The van der Waals surface area contributed by atoms with Crippen molar-refractivity contribution in [1.29, 1.82) is 0 Å². The van der Waals surface area contributed by atoms with Crippen LogP contribution in [0.4, 0.5) is 13.2 Å². The largest absolute Gasteiger partial charge is 0.416 e. The SMILES string of the molecule is CC(=O)N1CCN(CC(N)=O)C(c2ccc(C(F)(F)F)cc2)C1. The number of amides is 2. The van der Waals surface area contributed by atoms with Gasteiger partial charge in [0.05, 0.1) is 18.2 Å². The van der Waals surface area contributed by atoms with Gasteiger partial charge in [0.25, 0.3) is 0 Å². The summed E-state index contributed by atoms with van der Waals surface area (Å²) in [4.78, 5) is 26.1. The maximum atomic E-state index is 12.7. The Morgan fingerprint density at radius 2 is 1.83 bits per heavy atom. The lowest BCUT2D eigenvalue weighted by atomic mass is 10.0. The molecule has 1 aromatic rings. The fraction of sp³-hybridized carbons (Fsp3) is 0.467. The molecule has 1 aliphatic rings. The zero-order valence-electron chi connectivity index (χ0n) is 12.6. The molecular formula is C15H18F3N3O2. The van der Waals surface area contributed by atoms with Crippen molar-refractivity contribution in [2.75, 3.05) is 26.2 Å². The molecule has 126 valence electrons. The summed E-state index contributed by atoms with van der Waals surface area (Å²) in [5, 5.41) is 0. The van der Waals surface area contributed by atoms with Gasteiger partial charge in [0.15, 0.2) is 0 Å². The molecule has 0 aromatic heterocycles. The molecule has 2 rings (SSSR count). The van der Waals surface area contributed by atoms with Crippen molar-refractivity contribution < 1.29 is 22.8 Å². The van der Waals surface area contributed by atoms with Crippen LogP contribution in [0.5, 0.6) is 0 Å². The van der Waals surface area contributed by atoms with Gasteiger partial charge >= 0.3 is 6.18 Å². The number of carbonyl (C=O) groups is 2. The molecule has 0 aliphatic carbocycles. The third-order valence-electron chi connectivity index (χ3n) is 3.92. The summed E-state index contributed by atoms with van der Waals surface area (Å²) < 4.78 is 38.0. The summed E-state index contributed by atoms with van der Waals surface area (Å²) in [5.74, 6) is -0.626. The summed E-state index contributed by atoms with van der Waals surface area (Å²) in [6.07, 6.45) is -4.40. The van der Waals surface area contributed by atoms with Gasteiger partial charge < -0.3 is 10.6 Å². The summed E-state index contributed by atoms with van der Waals surface area (Å²) in [5.41, 5.74) is 5.11. The van der Waals surface area contributed by atoms with Crippen molar-refractivity contribution in [3.05, 3.63) is 35.4 Å². The van der Waals surface area contributed by atoms with Crippen molar-refractivity contribution in [1.82, 2.24) is 9.80 Å². The minimum Gasteiger partial charge on any atom is -0.369 e. The number of nitrogens with two attached hydrogens (primary N) is 1. The van der Waals surface area contributed by atoms with Gasteiger partial charge in [0.1, 0.15) is 0 Å². The smallest absolute Gasteiger partial charge is 0.369 e. The van der Waals surface area contributed by atoms with E-state index >= 15 is 0 Å². The van der Waals surface area contributed by atoms with E-state index in [0.717, 1.165) is 12.1 Å². The maximum absolute atomic E-state index is 12.7. The van der Waals surface area contributed by atoms with Gasteiger partial charge in [0, 0.05) is 26.6 Å². The molecule has 1 fully saturated rings. The average Bonchev–Trinajstić information content (AvgIpc) is 2.46. The van der Waals surface area contributed by atoms with E-state index in [4.69, 9.17) is 5.73 Å². The number of carbonyl (C=O) groups excluding carboxylic acids is 2. The van der Waals surface area contributed by atoms with Crippen LogP contribution in [0.2, 0.25) is 0 Å². The van der Waals surface area contributed by atoms with Crippen molar-refractivity contribution in [3.63, 3.8) is 0 Å². The van der Waals surface area contributed by atoms with E-state index in [1.54, 1.807) is 9.80 Å². The molecule has 0 bridgehead atoms. The summed E-state index contributed by atoms with van der Waals surface area (Å²) >= 11 is 0. The van der Waals surface area contributed by atoms with Gasteiger partial charge in [-0.1, -0.05) is 12.1 Å². The molecular weight excluding hydrogens is 311 g/mol. The van der Waals surface area contributed by atoms with Gasteiger partial charge in [-0.05, 0) is 17.7 Å². The molecule has 1 saturated heterocycles. The monoisotopic (exact) mass is 329 g/mol. The van der Waals surface area contributed by atoms with E-state index in [-0.39, 0.29) is 18.5 Å². The third-order valence-corrected chi connectivity index (χ3v) is 3.92. The Balaban J connectivity index is 2.26. The molecule has 2 amide bonds. The predicted molar refractivity (Wildman–Crippen MR) is 77.2 cm³/mol. The van der Waals surface area contributed by atoms with Gasteiger partial charge in [-0.15, -0.1) is 0 Å². The number of piperazine rings is 1. The third kappa shape index (κ3) is 4.22. The number of hydrogen-bond acceptors (Lipinski definition) is 3. The Hall–Kier alpha value is -2.09. The number of benzene rings is 1. The van der Waals surface area contributed by atoms with Gasteiger partial charge in [-0.25, -0.2) is 0 Å². The number of primary amides is 1. The lowest BCUT2D eigenvalue weighted by Gasteiger charge is -2.40. The molecule has 1 atom stereocenters. The standard InChI is InChI=1S/C15H18F3N3O2/c1-10(22)20-6-7-21(9-14(19)23)13(8-20)11-2-4-12(5-3-11)15(16,17)18/h2-5,13H,6-9H2,1H3,(H2,19,23). The van der Waals surface area contributed by atoms with E-state index in [0.29, 0.717) is 25.2 Å². The number of nitrogens with zero attached hydrogens (tertiary/aromatic N) is 2. The van der Waals surface area contributed by atoms with Gasteiger partial charge in [0.2, 0.25) is 11.8 Å². The molecule has 0 radical (unpaired) electrons. The molecule has 0 saturated carbocycles. The van der Waals surface area contributed by atoms with E-state index in [9.17, 15) is 22.8 Å². The first-order valence-corrected chi connectivity index (χ1v) is 7.13. The van der Waals surface area contributed by atoms with Crippen molar-refractivity contribution in [2.24, 2.45) is 5.73 Å². The van der Waals surface area contributed by atoms with Crippen LogP contribution in [0.1, 0.15) is 24.1 Å². The molecule has 1 aliphatic heterocycles. The van der Waals surface area contributed by atoms with E-state index in [2.05, 4.69) is 0 Å². The van der Waals surface area contributed by atoms with Crippen LogP contribution in [-0.2, 0) is 15.8 Å². The first kappa shape index (κ1) is 17.3. The summed E-state index contributed by atoms with van der Waals surface area (Å²) in [6, 6.07) is 4.41. The normalized spacial score (nSPS) is 19.7. The Kier molecular flexibility index (Phi) is 4.93. The second-order valence-electron chi connectivity index (χ2n) is 5.54. The Morgan fingerprint density at radius 3 is 2.30 bits per heavy atom. The highest BCUT2D eigenvalue weighted by Crippen LogP contribution is 2.31. The van der Waals surface area contributed by atoms with E-state index in [1.165, 1.54) is 19.1 Å². The minimum absolute atomic E-state index is 0.00255. The number of hydrogen-bond donors (Lipinski definition) is 1. The Labute approximate surface area is 131 Å². The average molecular weight is 329 g/mol. The fourth-order valence-corrected chi connectivity index (χ4v) is 2.71. The van der Waals surface area contributed by atoms with Crippen molar-refractivity contribution in [3.8, 4) is 0 Å². The second kappa shape index (κ2) is 6.57. The first-order chi connectivity index (χ1) is 10.7. The minimum atomic E-state index is -4.40. The van der Waals surface area contributed by atoms with Crippen LogP contribution in [-0.4, -0.2) is 47.8 Å². The molecule has 1 heterocycles. The van der Waals surface area contributed by atoms with E-state index in [1.807, 2.05) is 0 Å². The molecule has 0 spiro atoms. The first-order valence-electron chi connectivity index (χ1n) is 7.13. The van der Waals surface area contributed by atoms with Crippen molar-refractivity contribution in [2.45, 2.75) is 19.1 Å². The predicted octanol–water partition coefficient (Wildman–Crippen LogP) is 1.40. The Bertz CT molecular complexity index is 587. The molecule has 5 nitrogen and oxygen atoms in total. The Morgan fingerprint density at radius 1 is 1.22 bits per heavy atom. The zero-order valence-corrected chi connectivity index (χ0v) is 12.6. The van der Waals surface area contributed by atoms with Gasteiger partial charge in [-0.2, -0.15) is 13.2 Å². The number of halogens is 3. The molecule has 8 heteroatoms. The number of rotatable bonds is 3. The zero-order chi connectivity index (χ0) is 17.2. The summed E-state index contributed by atoms with van der Waals surface area (Å²) in [6.45, 7) is 2.65. The molecule has 1 aromatic carbocycles. The highest BCUT2D eigenvalue weighted by Gasteiger charge is 2.33. The van der Waals surface area contributed by atoms with Crippen LogP contribution in [0.15, 0.2) is 24.3 Å². The highest BCUT2D eigenvalue weighted by molar-refractivity contribution is 5.76. The lowest BCUT2D eigenvalue weighted by molar-refractivity contribution is -0.137. The molecule has 2 N–H and O–H groups in total. The van der Waals surface area contributed by atoms with Crippen LogP contribution >= 0.6 is 0 Å². The topological polar surface area (TPSA) is 66.6 Å². The van der Waals surface area contributed by atoms with Crippen molar-refractivity contribution >= 4 is 11.8 Å². The fourth-order valence-electron chi connectivity index (χ4n) is 2.71. The molecule has 23 heavy (non-hydrogen) atoms. The quantitative estimate of drug-likeness (QED) is 0.911. The summed E-state index contributed by atoms with van der Waals surface area (Å²) in [7, 11) is 0. The van der Waals surface area contributed by atoms with E-state index < -0.39 is 17.6 Å². The lowest BCUT2D eigenvalue weighted by Crippen LogP contribution is -2.51. The van der Waals surface area contributed by atoms with Crippen LogP contribution < -0.4 is 5.73 Å². The van der Waals surface area contributed by atoms with Crippen LogP contribution in [0, 0.1) is 0 Å². The van der Waals surface area contributed by atoms with Gasteiger partial charge in [-0.3, -0.25) is 14.5 Å². The highest BCUT2D eigenvalue weighted by atomic mass is 19.4. The maximum Gasteiger partial charge on any atom is 0.416 e. The number of alkyl halides is 3. The molecule has 1 unspecified atom stereocenters. The van der Waals surface area contributed by atoms with Crippen LogP contribution in [0.3, 0.4) is 0 Å².